The van der Waals surface area contributed by atoms with Gasteiger partial charge in [-0.15, -0.1) is 0 Å². The van der Waals surface area contributed by atoms with Crippen LogP contribution in [0, 0.1) is 0 Å². The number of benzene rings is 2. The highest BCUT2D eigenvalue weighted by Gasteiger charge is 1.99. The lowest BCUT2D eigenvalue weighted by molar-refractivity contribution is 0.100. The Morgan fingerprint density at radius 2 is 1.89 bits per heavy atom. The van der Waals surface area contributed by atoms with Crippen LogP contribution in [0.25, 0.3) is 0 Å². The molecule has 3 N–H and O–H groups in total. The number of amides is 1. The molecule has 92 valence electrons. The fraction of sp³-hybridized carbons (Fsp3) is 0.0714. The van der Waals surface area contributed by atoms with E-state index in [-0.39, 0.29) is 0 Å². The van der Waals surface area contributed by atoms with E-state index >= 15 is 0 Å². The molecule has 2 aromatic carbocycles. The predicted molar refractivity (Wildman–Crippen MR) is 76.4 cm³/mol. The molecule has 0 unspecified atom stereocenters. The summed E-state index contributed by atoms with van der Waals surface area (Å²) in [7, 11) is 0. The topological polar surface area (TPSA) is 55.1 Å². The maximum absolute atomic E-state index is 10.9. The minimum Gasteiger partial charge on any atom is -0.381 e. The van der Waals surface area contributed by atoms with Crippen molar-refractivity contribution in [3.05, 3.63) is 64.1 Å². The van der Waals surface area contributed by atoms with Crippen LogP contribution in [0.15, 0.2) is 53.0 Å². The first-order valence-corrected chi connectivity index (χ1v) is 6.32. The van der Waals surface area contributed by atoms with Crippen LogP contribution in [0.3, 0.4) is 0 Å². The fourth-order valence-corrected chi connectivity index (χ4v) is 2.05. The van der Waals surface area contributed by atoms with Gasteiger partial charge in [0.2, 0.25) is 5.91 Å². The van der Waals surface area contributed by atoms with E-state index in [1.54, 1.807) is 12.1 Å². The van der Waals surface area contributed by atoms with Crippen LogP contribution in [0.4, 0.5) is 5.69 Å². The van der Waals surface area contributed by atoms with Crippen molar-refractivity contribution in [2.75, 3.05) is 5.32 Å². The predicted octanol–water partition coefficient (Wildman–Crippen LogP) is 3.16. The Hall–Kier alpha value is -1.81. The summed E-state index contributed by atoms with van der Waals surface area (Å²) in [4.78, 5) is 10.9. The summed E-state index contributed by atoms with van der Waals surface area (Å²) < 4.78 is 1.06. The Balaban J connectivity index is 2.00. The molecule has 0 fully saturated rings. The lowest BCUT2D eigenvalue weighted by Gasteiger charge is -2.07. The second kappa shape index (κ2) is 5.69. The van der Waals surface area contributed by atoms with Gasteiger partial charge in [-0.3, -0.25) is 4.79 Å². The van der Waals surface area contributed by atoms with Gasteiger partial charge in [0.25, 0.3) is 0 Å². The minimum atomic E-state index is -0.409. The number of anilines is 1. The summed E-state index contributed by atoms with van der Waals surface area (Å²) in [6.07, 6.45) is 0. The maximum Gasteiger partial charge on any atom is 0.248 e. The molecule has 0 radical (unpaired) electrons. The number of halogens is 1. The van der Waals surface area contributed by atoms with Crippen LogP contribution in [-0.2, 0) is 6.54 Å². The van der Waals surface area contributed by atoms with Crippen molar-refractivity contribution in [3.8, 4) is 0 Å². The third kappa shape index (κ3) is 3.34. The first kappa shape index (κ1) is 12.6. The number of primary amides is 1. The zero-order valence-corrected chi connectivity index (χ0v) is 11.3. The Kier molecular flexibility index (Phi) is 3.99. The lowest BCUT2D eigenvalue weighted by atomic mass is 10.2. The van der Waals surface area contributed by atoms with Crippen molar-refractivity contribution in [2.45, 2.75) is 6.54 Å². The largest absolute Gasteiger partial charge is 0.381 e. The van der Waals surface area contributed by atoms with E-state index in [2.05, 4.69) is 33.4 Å². The molecule has 0 spiro atoms. The van der Waals surface area contributed by atoms with E-state index in [0.29, 0.717) is 5.56 Å². The quantitative estimate of drug-likeness (QED) is 0.911. The van der Waals surface area contributed by atoms with Gasteiger partial charge >= 0.3 is 0 Å². The molecule has 0 bridgehead atoms. The number of carbonyl (C=O) groups is 1. The van der Waals surface area contributed by atoms with Crippen LogP contribution >= 0.6 is 15.9 Å². The van der Waals surface area contributed by atoms with Crippen molar-refractivity contribution in [1.29, 1.82) is 0 Å². The fourth-order valence-electron chi connectivity index (χ4n) is 1.60. The Bertz CT molecular complexity index is 552. The summed E-state index contributed by atoms with van der Waals surface area (Å²) in [5.41, 5.74) is 7.84. The highest BCUT2D eigenvalue weighted by molar-refractivity contribution is 9.10. The smallest absolute Gasteiger partial charge is 0.248 e. The number of nitrogens with two attached hydrogens (primary N) is 1. The van der Waals surface area contributed by atoms with E-state index in [9.17, 15) is 4.79 Å². The van der Waals surface area contributed by atoms with Gasteiger partial charge in [-0.25, -0.2) is 0 Å². The van der Waals surface area contributed by atoms with Crippen LogP contribution in [0.1, 0.15) is 15.9 Å². The standard InChI is InChI=1S/C14H13BrN2O/c15-12-3-1-2-10(8-12)9-17-13-6-4-11(5-7-13)14(16)18/h1-8,17H,9H2,(H2,16,18). The van der Waals surface area contributed by atoms with E-state index in [0.717, 1.165) is 16.7 Å². The Labute approximate surface area is 114 Å². The molecule has 0 aromatic heterocycles. The van der Waals surface area contributed by atoms with Crippen LogP contribution in [0.2, 0.25) is 0 Å². The van der Waals surface area contributed by atoms with Gasteiger partial charge in [-0.2, -0.15) is 0 Å². The van der Waals surface area contributed by atoms with Gasteiger partial charge in [0, 0.05) is 22.3 Å². The Morgan fingerprint density at radius 1 is 1.17 bits per heavy atom. The molecule has 0 aliphatic rings. The molecule has 18 heavy (non-hydrogen) atoms. The zero-order chi connectivity index (χ0) is 13.0. The molecule has 0 saturated carbocycles. The van der Waals surface area contributed by atoms with Gasteiger partial charge in [0.15, 0.2) is 0 Å². The number of rotatable bonds is 4. The van der Waals surface area contributed by atoms with E-state index in [1.165, 1.54) is 5.56 Å². The molecule has 0 heterocycles. The van der Waals surface area contributed by atoms with Crippen molar-refractivity contribution in [2.24, 2.45) is 5.73 Å². The highest BCUT2D eigenvalue weighted by atomic mass is 79.9. The molecule has 0 aliphatic carbocycles. The average Bonchev–Trinajstić information content (AvgIpc) is 2.37. The molecule has 2 aromatic rings. The molecule has 2 rings (SSSR count). The summed E-state index contributed by atoms with van der Waals surface area (Å²) in [6.45, 7) is 0.732. The van der Waals surface area contributed by atoms with Crippen LogP contribution < -0.4 is 11.1 Å². The maximum atomic E-state index is 10.9. The number of hydrogen-bond donors (Lipinski definition) is 2. The van der Waals surface area contributed by atoms with Crippen molar-refractivity contribution in [1.82, 2.24) is 0 Å². The molecular formula is C14H13BrN2O. The lowest BCUT2D eigenvalue weighted by Crippen LogP contribution is -2.10. The molecule has 0 saturated heterocycles. The first-order valence-electron chi connectivity index (χ1n) is 5.53. The van der Waals surface area contributed by atoms with Crippen molar-refractivity contribution in [3.63, 3.8) is 0 Å². The summed E-state index contributed by atoms with van der Waals surface area (Å²) >= 11 is 3.43. The van der Waals surface area contributed by atoms with Gasteiger partial charge < -0.3 is 11.1 Å². The van der Waals surface area contributed by atoms with E-state index in [4.69, 9.17) is 5.73 Å². The zero-order valence-electron chi connectivity index (χ0n) is 9.69. The van der Waals surface area contributed by atoms with Gasteiger partial charge in [-0.05, 0) is 42.0 Å². The summed E-state index contributed by atoms with van der Waals surface area (Å²) in [5.74, 6) is -0.409. The van der Waals surface area contributed by atoms with E-state index in [1.807, 2.05) is 24.3 Å². The van der Waals surface area contributed by atoms with Crippen LogP contribution in [-0.4, -0.2) is 5.91 Å². The average molecular weight is 305 g/mol. The second-order valence-corrected chi connectivity index (χ2v) is 4.84. The number of carbonyl (C=O) groups excluding carboxylic acids is 1. The number of hydrogen-bond acceptors (Lipinski definition) is 2. The first-order chi connectivity index (χ1) is 8.65. The van der Waals surface area contributed by atoms with Gasteiger partial charge in [0.05, 0.1) is 0 Å². The van der Waals surface area contributed by atoms with Crippen molar-refractivity contribution >= 4 is 27.5 Å². The third-order valence-electron chi connectivity index (χ3n) is 2.56. The van der Waals surface area contributed by atoms with Gasteiger partial charge in [-0.1, -0.05) is 28.1 Å². The molecule has 4 heteroatoms. The normalized spacial score (nSPS) is 10.1. The summed E-state index contributed by atoms with van der Waals surface area (Å²) in [5, 5.41) is 3.28. The second-order valence-electron chi connectivity index (χ2n) is 3.93. The van der Waals surface area contributed by atoms with Gasteiger partial charge in [0.1, 0.15) is 0 Å². The Morgan fingerprint density at radius 3 is 2.50 bits per heavy atom. The molecule has 0 atom stereocenters. The van der Waals surface area contributed by atoms with E-state index < -0.39 is 5.91 Å². The SMILES string of the molecule is NC(=O)c1ccc(NCc2cccc(Br)c2)cc1. The molecular weight excluding hydrogens is 292 g/mol. The van der Waals surface area contributed by atoms with Crippen LogP contribution in [0.5, 0.6) is 0 Å². The highest BCUT2D eigenvalue weighted by Crippen LogP contribution is 2.14. The van der Waals surface area contributed by atoms with Crippen molar-refractivity contribution < 1.29 is 4.79 Å². The summed E-state index contributed by atoms with van der Waals surface area (Å²) in [6, 6.07) is 15.2. The molecule has 1 amide bonds. The monoisotopic (exact) mass is 304 g/mol. The molecule has 0 aliphatic heterocycles. The minimum absolute atomic E-state index is 0.409. The number of nitrogens with one attached hydrogen (secondary N) is 1. The molecule has 3 nitrogen and oxygen atoms in total. The third-order valence-corrected chi connectivity index (χ3v) is 3.05.